The highest BCUT2D eigenvalue weighted by molar-refractivity contribution is 8.93. The largest absolute Gasteiger partial charge is 0.379 e. The molecular formula is C16H18Br2N4S3. The van der Waals surface area contributed by atoms with Crippen LogP contribution in [0.4, 0.5) is 0 Å². The lowest BCUT2D eigenvalue weighted by atomic mass is 10.1. The molecule has 0 unspecified atom stereocenters. The lowest BCUT2D eigenvalue weighted by molar-refractivity contribution is 1.47. The zero-order valence-electron chi connectivity index (χ0n) is 13.1. The summed E-state index contributed by atoms with van der Waals surface area (Å²) in [5, 5.41) is 17.6. The number of rotatable bonds is 4. The number of halogens is 2. The van der Waals surface area contributed by atoms with E-state index in [0.717, 1.165) is 0 Å². The van der Waals surface area contributed by atoms with Gasteiger partial charge in [0.15, 0.2) is 10.3 Å². The second kappa shape index (κ2) is 9.82. The molecule has 6 N–H and O–H groups in total. The van der Waals surface area contributed by atoms with Crippen molar-refractivity contribution in [2.75, 3.05) is 0 Å². The molecule has 9 heteroatoms. The van der Waals surface area contributed by atoms with Gasteiger partial charge in [0.2, 0.25) is 0 Å². The van der Waals surface area contributed by atoms with E-state index in [2.05, 4.69) is 36.4 Å². The summed E-state index contributed by atoms with van der Waals surface area (Å²) < 4.78 is 2.49. The Morgan fingerprint density at radius 3 is 1.56 bits per heavy atom. The molecule has 2 aromatic carbocycles. The Bertz CT molecular complexity index is 839. The first-order valence-corrected chi connectivity index (χ1v) is 9.70. The van der Waals surface area contributed by atoms with Crippen LogP contribution in [0.3, 0.4) is 0 Å². The minimum absolute atomic E-state index is 0. The molecule has 0 saturated carbocycles. The molecule has 0 radical (unpaired) electrons. The van der Waals surface area contributed by atoms with Crippen molar-refractivity contribution in [3.63, 3.8) is 0 Å². The fraction of sp³-hybridized carbons (Fsp3) is 0.125. The second-order valence-corrected chi connectivity index (χ2v) is 8.05. The molecule has 1 heterocycles. The molecule has 0 aliphatic rings. The van der Waals surface area contributed by atoms with Crippen LogP contribution in [0, 0.1) is 10.8 Å². The average molecular weight is 522 g/mol. The molecule has 3 aromatic rings. The van der Waals surface area contributed by atoms with Crippen molar-refractivity contribution in [3.8, 4) is 0 Å². The highest BCUT2D eigenvalue weighted by Gasteiger charge is 2.12. The summed E-state index contributed by atoms with van der Waals surface area (Å²) >= 11 is 4.46. The molecule has 1 aromatic heterocycles. The Hall–Kier alpha value is -0.740. The first kappa shape index (κ1) is 22.3. The molecule has 0 fully saturated rings. The molecule has 3 rings (SSSR count). The standard InChI is InChI=1S/C16H16N4S3.2BrH/c17-15(18)21-7-9-3-1-5-11-12-6-2-4-10(8-22-16(19)20)14(12)23-13(9)11;;/h1-6H,7-8H2,(H3,17,18)(H3,19,20);2*1H. The maximum atomic E-state index is 7.40. The van der Waals surface area contributed by atoms with Crippen LogP contribution in [0.15, 0.2) is 36.4 Å². The van der Waals surface area contributed by atoms with E-state index in [0.29, 0.717) is 11.5 Å². The molecule has 0 bridgehead atoms. The zero-order valence-corrected chi connectivity index (χ0v) is 18.9. The maximum absolute atomic E-state index is 7.40. The average Bonchev–Trinajstić information content (AvgIpc) is 2.90. The van der Waals surface area contributed by atoms with Crippen molar-refractivity contribution in [2.45, 2.75) is 11.5 Å². The molecule has 0 amide bonds. The van der Waals surface area contributed by atoms with E-state index in [1.54, 1.807) is 11.3 Å². The Morgan fingerprint density at radius 2 is 1.20 bits per heavy atom. The van der Waals surface area contributed by atoms with Gasteiger partial charge in [0, 0.05) is 31.7 Å². The number of nitrogens with two attached hydrogens (primary N) is 2. The summed E-state index contributed by atoms with van der Waals surface area (Å²) in [4.78, 5) is 0. The number of fused-ring (bicyclic) bond motifs is 3. The number of amidine groups is 2. The monoisotopic (exact) mass is 520 g/mol. The Labute approximate surface area is 179 Å². The first-order valence-electron chi connectivity index (χ1n) is 6.92. The van der Waals surface area contributed by atoms with E-state index < -0.39 is 0 Å². The van der Waals surface area contributed by atoms with Crippen LogP contribution in [-0.4, -0.2) is 10.3 Å². The van der Waals surface area contributed by atoms with E-state index in [1.165, 1.54) is 54.8 Å². The van der Waals surface area contributed by atoms with Gasteiger partial charge in [-0.25, -0.2) is 0 Å². The van der Waals surface area contributed by atoms with E-state index in [9.17, 15) is 0 Å². The van der Waals surface area contributed by atoms with Crippen LogP contribution in [0.25, 0.3) is 20.2 Å². The summed E-state index contributed by atoms with van der Waals surface area (Å²) in [7, 11) is 0. The van der Waals surface area contributed by atoms with E-state index >= 15 is 0 Å². The number of thioether (sulfide) groups is 2. The lowest BCUT2D eigenvalue weighted by Gasteiger charge is -2.01. The van der Waals surface area contributed by atoms with Gasteiger partial charge in [0.25, 0.3) is 0 Å². The molecule has 0 aliphatic heterocycles. The quantitative estimate of drug-likeness (QED) is 0.270. The van der Waals surface area contributed by atoms with Crippen LogP contribution < -0.4 is 11.5 Å². The van der Waals surface area contributed by atoms with Gasteiger partial charge in [-0.05, 0) is 11.1 Å². The summed E-state index contributed by atoms with van der Waals surface area (Å²) in [5.74, 6) is 1.41. The van der Waals surface area contributed by atoms with Crippen LogP contribution in [-0.2, 0) is 11.5 Å². The minimum Gasteiger partial charge on any atom is -0.379 e. The highest BCUT2D eigenvalue weighted by Crippen LogP contribution is 2.39. The summed E-state index contributed by atoms with van der Waals surface area (Å²) in [6, 6.07) is 12.6. The Morgan fingerprint density at radius 1 is 0.800 bits per heavy atom. The van der Waals surface area contributed by atoms with Crippen LogP contribution in [0.1, 0.15) is 11.1 Å². The third-order valence-corrected chi connectivity index (χ3v) is 6.36. The Balaban J connectivity index is 0.00000156. The van der Waals surface area contributed by atoms with Crippen LogP contribution in [0.5, 0.6) is 0 Å². The fourth-order valence-corrected chi connectivity index (χ4v) is 5.08. The van der Waals surface area contributed by atoms with Gasteiger partial charge in [0.05, 0.1) is 0 Å². The molecule has 0 saturated heterocycles. The smallest absolute Gasteiger partial charge is 0.151 e. The Kier molecular flexibility index (Phi) is 8.76. The normalized spacial score (nSPS) is 10.2. The zero-order chi connectivity index (χ0) is 16.4. The molecule has 0 spiro atoms. The van der Waals surface area contributed by atoms with Crippen molar-refractivity contribution in [3.05, 3.63) is 47.5 Å². The SMILES string of the molecule is Br.Br.N=C(N)SCc1cccc2c1sc1c(CSC(=N)N)cccc12. The van der Waals surface area contributed by atoms with Gasteiger partial charge in [-0.15, -0.1) is 45.3 Å². The number of nitrogens with one attached hydrogen (secondary N) is 2. The van der Waals surface area contributed by atoms with Gasteiger partial charge in [-0.3, -0.25) is 10.8 Å². The van der Waals surface area contributed by atoms with E-state index in [1.807, 2.05) is 0 Å². The summed E-state index contributed by atoms with van der Waals surface area (Å²) in [6.45, 7) is 0. The van der Waals surface area contributed by atoms with Crippen LogP contribution in [0.2, 0.25) is 0 Å². The number of hydrogen-bond donors (Lipinski definition) is 4. The van der Waals surface area contributed by atoms with Crippen molar-refractivity contribution in [1.29, 1.82) is 10.8 Å². The van der Waals surface area contributed by atoms with E-state index in [-0.39, 0.29) is 44.3 Å². The highest BCUT2D eigenvalue weighted by atomic mass is 79.9. The third kappa shape index (κ3) is 5.13. The van der Waals surface area contributed by atoms with Gasteiger partial charge in [-0.1, -0.05) is 59.9 Å². The predicted molar refractivity (Wildman–Crippen MR) is 126 cm³/mol. The predicted octanol–water partition coefficient (Wildman–Crippen LogP) is 5.46. The van der Waals surface area contributed by atoms with Crippen molar-refractivity contribution in [1.82, 2.24) is 0 Å². The van der Waals surface area contributed by atoms with Gasteiger partial charge >= 0.3 is 0 Å². The molecule has 4 nitrogen and oxygen atoms in total. The number of benzene rings is 2. The molecule has 134 valence electrons. The topological polar surface area (TPSA) is 99.7 Å². The van der Waals surface area contributed by atoms with Gasteiger partial charge < -0.3 is 11.5 Å². The van der Waals surface area contributed by atoms with Gasteiger partial charge in [-0.2, -0.15) is 0 Å². The summed E-state index contributed by atoms with van der Waals surface area (Å²) in [6.07, 6.45) is 0. The minimum atomic E-state index is 0. The number of thiophene rings is 1. The second-order valence-electron chi connectivity index (χ2n) is 5.00. The number of hydrogen-bond acceptors (Lipinski definition) is 5. The van der Waals surface area contributed by atoms with Gasteiger partial charge in [0.1, 0.15) is 0 Å². The van der Waals surface area contributed by atoms with Crippen molar-refractivity contribution >= 4 is 99.3 Å². The fourth-order valence-electron chi connectivity index (χ4n) is 2.48. The third-order valence-electron chi connectivity index (χ3n) is 3.45. The van der Waals surface area contributed by atoms with Crippen LogP contribution >= 0.6 is 68.8 Å². The lowest BCUT2D eigenvalue weighted by Crippen LogP contribution is -2.03. The van der Waals surface area contributed by atoms with Crippen molar-refractivity contribution < 1.29 is 0 Å². The summed E-state index contributed by atoms with van der Waals surface area (Å²) in [5.41, 5.74) is 13.3. The molecule has 25 heavy (non-hydrogen) atoms. The first-order chi connectivity index (χ1) is 11.1. The molecule has 0 atom stereocenters. The molecule has 0 aliphatic carbocycles. The maximum Gasteiger partial charge on any atom is 0.151 e. The van der Waals surface area contributed by atoms with Crippen molar-refractivity contribution in [2.24, 2.45) is 11.5 Å². The molecular weight excluding hydrogens is 504 g/mol. The van der Waals surface area contributed by atoms with E-state index in [4.69, 9.17) is 22.3 Å².